The van der Waals surface area contributed by atoms with E-state index in [1.807, 2.05) is 32.9 Å². The zero-order valence-electron chi connectivity index (χ0n) is 21.0. The number of sulfonamides is 1. The van der Waals surface area contributed by atoms with Gasteiger partial charge >= 0.3 is 0 Å². The lowest BCUT2D eigenvalue weighted by Gasteiger charge is -2.21. The van der Waals surface area contributed by atoms with Crippen LogP contribution in [0.2, 0.25) is 0 Å². The minimum Gasteiger partial charge on any atom is -0.467 e. The van der Waals surface area contributed by atoms with Crippen LogP contribution in [0, 0.1) is 13.8 Å². The number of aryl methyl sites for hydroxylation is 2. The standard InChI is InChI=1S/C27H31N3O4S2/c1-5-7-14-29(6-2)36(32,33)23-12-10-21(11-13-23)26(31)30(18-22-9-8-15-34-22)27-28-24-16-19(3)20(4)17-25(24)35-27/h8-13,15-17H,5-7,14,18H2,1-4H3. The molecule has 36 heavy (non-hydrogen) atoms. The lowest BCUT2D eigenvalue weighted by molar-refractivity contribution is 0.0983. The second-order valence-electron chi connectivity index (χ2n) is 8.75. The Hall–Kier alpha value is -3.01. The summed E-state index contributed by atoms with van der Waals surface area (Å²) in [4.78, 5) is 20.2. The first kappa shape index (κ1) is 26.1. The molecule has 0 N–H and O–H groups in total. The van der Waals surface area contributed by atoms with Crippen molar-refractivity contribution in [1.82, 2.24) is 9.29 Å². The Morgan fingerprint density at radius 3 is 2.42 bits per heavy atom. The predicted octanol–water partition coefficient (Wildman–Crippen LogP) is 6.16. The van der Waals surface area contributed by atoms with Gasteiger partial charge in [0.05, 0.1) is 27.9 Å². The maximum absolute atomic E-state index is 13.7. The number of anilines is 1. The molecule has 0 atom stereocenters. The highest BCUT2D eigenvalue weighted by atomic mass is 32.2. The largest absolute Gasteiger partial charge is 0.467 e. The molecule has 9 heteroatoms. The second kappa shape index (κ2) is 10.9. The first-order valence-corrected chi connectivity index (χ1v) is 14.3. The molecule has 0 unspecified atom stereocenters. The van der Waals surface area contributed by atoms with Crippen LogP contribution < -0.4 is 4.90 Å². The van der Waals surface area contributed by atoms with Crippen molar-refractivity contribution in [2.45, 2.75) is 52.0 Å². The summed E-state index contributed by atoms with van der Waals surface area (Å²) in [6.45, 7) is 9.04. The predicted molar refractivity (Wildman–Crippen MR) is 144 cm³/mol. The van der Waals surface area contributed by atoms with Gasteiger partial charge in [-0.15, -0.1) is 0 Å². The molecule has 4 aromatic rings. The molecule has 0 bridgehead atoms. The number of nitrogens with zero attached hydrogens (tertiary/aromatic N) is 3. The Morgan fingerprint density at radius 2 is 1.78 bits per heavy atom. The fraction of sp³-hybridized carbons (Fsp3) is 0.333. The minimum absolute atomic E-state index is 0.181. The van der Waals surface area contributed by atoms with Gasteiger partial charge in [-0.3, -0.25) is 9.69 Å². The van der Waals surface area contributed by atoms with Gasteiger partial charge in [-0.25, -0.2) is 13.4 Å². The van der Waals surface area contributed by atoms with E-state index in [1.54, 1.807) is 29.4 Å². The van der Waals surface area contributed by atoms with E-state index in [-0.39, 0.29) is 17.3 Å². The van der Waals surface area contributed by atoms with Crippen LogP contribution >= 0.6 is 11.3 Å². The Balaban J connectivity index is 1.66. The highest BCUT2D eigenvalue weighted by Gasteiger charge is 2.26. The van der Waals surface area contributed by atoms with E-state index in [1.165, 1.54) is 33.3 Å². The fourth-order valence-corrected chi connectivity index (χ4v) is 6.46. The van der Waals surface area contributed by atoms with Crippen molar-refractivity contribution >= 4 is 42.6 Å². The first-order valence-electron chi connectivity index (χ1n) is 12.1. The zero-order valence-corrected chi connectivity index (χ0v) is 22.7. The third-order valence-electron chi connectivity index (χ3n) is 6.22. The van der Waals surface area contributed by atoms with Gasteiger partial charge in [-0.1, -0.05) is 31.6 Å². The van der Waals surface area contributed by atoms with Gasteiger partial charge in [-0.2, -0.15) is 4.31 Å². The topological polar surface area (TPSA) is 83.7 Å². The monoisotopic (exact) mass is 525 g/mol. The van der Waals surface area contributed by atoms with Crippen molar-refractivity contribution in [3.05, 3.63) is 77.2 Å². The molecule has 0 aliphatic heterocycles. The van der Waals surface area contributed by atoms with Gasteiger partial charge in [0.2, 0.25) is 10.0 Å². The average molecular weight is 526 g/mol. The van der Waals surface area contributed by atoms with Gasteiger partial charge in [0.1, 0.15) is 5.76 Å². The third kappa shape index (κ3) is 5.38. The second-order valence-corrected chi connectivity index (χ2v) is 11.7. The number of hydrogen-bond acceptors (Lipinski definition) is 6. The molecule has 7 nitrogen and oxygen atoms in total. The molecule has 1 amide bonds. The SMILES string of the molecule is CCCCN(CC)S(=O)(=O)c1ccc(C(=O)N(Cc2ccco2)c2nc3cc(C)c(C)cc3s2)cc1. The molecular weight excluding hydrogens is 494 g/mol. The molecule has 0 saturated heterocycles. The third-order valence-corrected chi connectivity index (χ3v) is 9.25. The van der Waals surface area contributed by atoms with Crippen molar-refractivity contribution in [1.29, 1.82) is 0 Å². The van der Waals surface area contributed by atoms with Crippen molar-refractivity contribution < 1.29 is 17.6 Å². The molecule has 0 spiro atoms. The summed E-state index contributed by atoms with van der Waals surface area (Å²) < 4.78 is 34.2. The van der Waals surface area contributed by atoms with Crippen molar-refractivity contribution in [3.63, 3.8) is 0 Å². The molecule has 0 aliphatic carbocycles. The Morgan fingerprint density at radius 1 is 1.06 bits per heavy atom. The van der Waals surface area contributed by atoms with Crippen molar-refractivity contribution in [2.75, 3.05) is 18.0 Å². The number of furan rings is 1. The maximum Gasteiger partial charge on any atom is 0.260 e. The number of fused-ring (bicyclic) bond motifs is 1. The highest BCUT2D eigenvalue weighted by Crippen LogP contribution is 2.32. The van der Waals surface area contributed by atoms with Crippen LogP contribution in [0.1, 0.15) is 53.9 Å². The number of hydrogen-bond donors (Lipinski definition) is 0. The molecule has 2 heterocycles. The van der Waals surface area contributed by atoms with Crippen LogP contribution in [-0.4, -0.2) is 36.7 Å². The summed E-state index contributed by atoms with van der Waals surface area (Å²) >= 11 is 1.44. The van der Waals surface area contributed by atoms with E-state index in [0.29, 0.717) is 29.5 Å². The van der Waals surface area contributed by atoms with Crippen molar-refractivity contribution in [2.24, 2.45) is 0 Å². The van der Waals surface area contributed by atoms with E-state index in [4.69, 9.17) is 9.40 Å². The Labute approximate surface area is 216 Å². The van der Waals surface area contributed by atoms with Crippen LogP contribution in [0.4, 0.5) is 5.13 Å². The zero-order chi connectivity index (χ0) is 25.9. The van der Waals surface area contributed by atoms with Crippen LogP contribution in [-0.2, 0) is 16.6 Å². The number of amides is 1. The Kier molecular flexibility index (Phi) is 7.92. The number of carbonyl (C=O) groups excluding carboxylic acids is 1. The molecule has 190 valence electrons. The summed E-state index contributed by atoms with van der Waals surface area (Å²) in [5.74, 6) is 0.352. The van der Waals surface area contributed by atoms with Crippen LogP contribution in [0.3, 0.4) is 0 Å². The fourth-order valence-electron chi connectivity index (χ4n) is 3.93. The van der Waals surface area contributed by atoms with Gasteiger partial charge in [-0.05, 0) is 79.9 Å². The van der Waals surface area contributed by atoms with Gasteiger partial charge < -0.3 is 4.42 Å². The van der Waals surface area contributed by atoms with E-state index in [9.17, 15) is 13.2 Å². The van der Waals surface area contributed by atoms with Crippen molar-refractivity contribution in [3.8, 4) is 0 Å². The molecule has 0 aliphatic rings. The normalized spacial score (nSPS) is 11.9. The lowest BCUT2D eigenvalue weighted by Crippen LogP contribution is -2.32. The lowest BCUT2D eigenvalue weighted by atomic mass is 10.1. The molecule has 2 aromatic carbocycles. The molecule has 2 aromatic heterocycles. The summed E-state index contributed by atoms with van der Waals surface area (Å²) in [5.41, 5.74) is 3.52. The van der Waals surface area contributed by atoms with Gasteiger partial charge in [0.15, 0.2) is 5.13 Å². The smallest absolute Gasteiger partial charge is 0.260 e. The molecule has 0 radical (unpaired) electrons. The minimum atomic E-state index is -3.62. The summed E-state index contributed by atoms with van der Waals surface area (Å²) in [6, 6.07) is 13.9. The summed E-state index contributed by atoms with van der Waals surface area (Å²) in [5, 5.41) is 0.560. The first-order chi connectivity index (χ1) is 17.2. The van der Waals surface area contributed by atoms with Crippen LogP contribution in [0.25, 0.3) is 10.2 Å². The van der Waals surface area contributed by atoms with Crippen LogP contribution in [0.5, 0.6) is 0 Å². The summed E-state index contributed by atoms with van der Waals surface area (Å²) in [7, 11) is -3.62. The number of carbonyl (C=O) groups is 1. The number of rotatable bonds is 10. The van der Waals surface area contributed by atoms with E-state index < -0.39 is 10.0 Å². The highest BCUT2D eigenvalue weighted by molar-refractivity contribution is 7.89. The van der Waals surface area contributed by atoms with E-state index in [0.717, 1.165) is 28.6 Å². The van der Waals surface area contributed by atoms with Crippen LogP contribution in [0.15, 0.2) is 64.1 Å². The molecule has 0 saturated carbocycles. The maximum atomic E-state index is 13.7. The average Bonchev–Trinajstić information content (AvgIpc) is 3.52. The Bertz CT molecular complexity index is 1400. The van der Waals surface area contributed by atoms with E-state index >= 15 is 0 Å². The van der Waals surface area contributed by atoms with E-state index in [2.05, 4.69) is 13.0 Å². The molecule has 4 rings (SSSR count). The quantitative estimate of drug-likeness (QED) is 0.247. The number of benzene rings is 2. The summed E-state index contributed by atoms with van der Waals surface area (Å²) in [6.07, 6.45) is 3.28. The number of thiazole rings is 1. The number of unbranched alkanes of at least 4 members (excludes halogenated alkanes) is 1. The number of aromatic nitrogens is 1. The molecular formula is C27H31N3O4S2. The van der Waals surface area contributed by atoms with Gasteiger partial charge in [0.25, 0.3) is 5.91 Å². The van der Waals surface area contributed by atoms with Gasteiger partial charge in [0, 0.05) is 18.7 Å². The molecule has 0 fully saturated rings.